The van der Waals surface area contributed by atoms with Crippen molar-refractivity contribution in [2.45, 2.75) is 0 Å². The third-order valence-corrected chi connectivity index (χ3v) is 3.13. The Morgan fingerprint density at radius 3 is 2.05 bits per heavy atom. The van der Waals surface area contributed by atoms with Crippen molar-refractivity contribution < 1.29 is 14.2 Å². The van der Waals surface area contributed by atoms with Gasteiger partial charge in [0.25, 0.3) is 0 Å². The minimum Gasteiger partial charge on any atom is -0.490 e. The molecule has 21 heavy (non-hydrogen) atoms. The van der Waals surface area contributed by atoms with Crippen molar-refractivity contribution in [3.63, 3.8) is 0 Å². The molecule has 1 rings (SSSR count). The first-order valence-corrected chi connectivity index (χ1v) is 7.28. The Hall–Kier alpha value is -1.30. The fourth-order valence-electron chi connectivity index (χ4n) is 1.93. The average molecular weight is 296 g/mol. The lowest BCUT2D eigenvalue weighted by Gasteiger charge is -2.26. The zero-order chi connectivity index (χ0) is 15.5. The molecule has 0 aliphatic rings. The van der Waals surface area contributed by atoms with E-state index in [1.54, 1.807) is 14.2 Å². The van der Waals surface area contributed by atoms with Crippen LogP contribution in [0.4, 0.5) is 5.69 Å². The normalized spacial score (nSPS) is 10.9. The van der Waals surface area contributed by atoms with Crippen molar-refractivity contribution in [3.05, 3.63) is 24.3 Å². The van der Waals surface area contributed by atoms with Crippen LogP contribution in [0, 0.1) is 0 Å². The number of para-hydroxylation sites is 2. The van der Waals surface area contributed by atoms with Crippen molar-refractivity contribution in [3.8, 4) is 5.75 Å². The van der Waals surface area contributed by atoms with Crippen LogP contribution in [0.15, 0.2) is 24.3 Å². The number of methoxy groups -OCH3 is 2. The third-order valence-electron chi connectivity index (χ3n) is 3.13. The van der Waals surface area contributed by atoms with Gasteiger partial charge in [0, 0.05) is 33.9 Å². The van der Waals surface area contributed by atoms with Gasteiger partial charge in [-0.25, -0.2) is 0 Å². The van der Waals surface area contributed by atoms with Crippen LogP contribution in [0.25, 0.3) is 0 Å². The van der Waals surface area contributed by atoms with Crippen LogP contribution in [0.3, 0.4) is 0 Å². The molecule has 5 heteroatoms. The lowest BCUT2D eigenvalue weighted by molar-refractivity contribution is 0.189. The van der Waals surface area contributed by atoms with Crippen molar-refractivity contribution in [2.75, 3.05) is 72.7 Å². The number of benzene rings is 1. The van der Waals surface area contributed by atoms with E-state index in [0.717, 1.165) is 31.1 Å². The van der Waals surface area contributed by atoms with Gasteiger partial charge in [0.2, 0.25) is 0 Å². The van der Waals surface area contributed by atoms with E-state index in [1.165, 1.54) is 0 Å². The summed E-state index contributed by atoms with van der Waals surface area (Å²) in [5, 5.41) is 0. The highest BCUT2D eigenvalue weighted by Crippen LogP contribution is 2.27. The number of hydrogen-bond donors (Lipinski definition) is 0. The lowest BCUT2D eigenvalue weighted by atomic mass is 10.2. The van der Waals surface area contributed by atoms with Gasteiger partial charge in [0.1, 0.15) is 12.4 Å². The van der Waals surface area contributed by atoms with Crippen LogP contribution in [0.5, 0.6) is 5.75 Å². The van der Waals surface area contributed by atoms with Gasteiger partial charge in [-0.3, -0.25) is 0 Å². The maximum atomic E-state index is 5.92. The van der Waals surface area contributed by atoms with E-state index in [4.69, 9.17) is 14.2 Å². The standard InChI is InChI=1S/C16H28N2O3/c1-17(2)9-14-21-16-8-6-5-7-15(16)18(10-12-19-3)11-13-20-4/h5-8H,9-14H2,1-4H3. The summed E-state index contributed by atoms with van der Waals surface area (Å²) < 4.78 is 16.3. The van der Waals surface area contributed by atoms with Gasteiger partial charge < -0.3 is 24.0 Å². The van der Waals surface area contributed by atoms with Crippen molar-refractivity contribution in [1.29, 1.82) is 0 Å². The van der Waals surface area contributed by atoms with E-state index in [9.17, 15) is 0 Å². The summed E-state index contributed by atoms with van der Waals surface area (Å²) in [6, 6.07) is 8.12. The third kappa shape index (κ3) is 6.80. The average Bonchev–Trinajstić information content (AvgIpc) is 2.48. The number of hydrogen-bond acceptors (Lipinski definition) is 5. The van der Waals surface area contributed by atoms with E-state index < -0.39 is 0 Å². The van der Waals surface area contributed by atoms with Gasteiger partial charge in [0.15, 0.2) is 0 Å². The zero-order valence-electron chi connectivity index (χ0n) is 13.7. The van der Waals surface area contributed by atoms with Crippen LogP contribution in [0.1, 0.15) is 0 Å². The second kappa shape index (κ2) is 10.4. The second-order valence-corrected chi connectivity index (χ2v) is 5.09. The Morgan fingerprint density at radius 1 is 0.857 bits per heavy atom. The van der Waals surface area contributed by atoms with E-state index in [2.05, 4.69) is 15.9 Å². The Bertz CT molecular complexity index is 378. The Kier molecular flexibility index (Phi) is 8.82. The lowest BCUT2D eigenvalue weighted by Crippen LogP contribution is -2.31. The molecule has 0 N–H and O–H groups in total. The van der Waals surface area contributed by atoms with Crippen LogP contribution in [-0.2, 0) is 9.47 Å². The molecule has 0 fully saturated rings. The molecular formula is C16H28N2O3. The summed E-state index contributed by atoms with van der Waals surface area (Å²) in [5.74, 6) is 0.909. The van der Waals surface area contributed by atoms with E-state index >= 15 is 0 Å². The predicted octanol–water partition coefficient (Wildman–Crippen LogP) is 1.73. The maximum Gasteiger partial charge on any atom is 0.142 e. The quantitative estimate of drug-likeness (QED) is 0.621. The Labute approximate surface area is 128 Å². The number of rotatable bonds is 11. The number of likely N-dealkylation sites (N-methyl/N-ethyl adjacent to an activating group) is 1. The molecule has 0 heterocycles. The topological polar surface area (TPSA) is 34.2 Å². The molecule has 0 aromatic heterocycles. The molecule has 0 spiro atoms. The van der Waals surface area contributed by atoms with Gasteiger partial charge in [-0.2, -0.15) is 0 Å². The molecule has 0 amide bonds. The molecule has 0 aliphatic heterocycles. The van der Waals surface area contributed by atoms with Gasteiger partial charge in [-0.05, 0) is 26.2 Å². The summed E-state index contributed by atoms with van der Waals surface area (Å²) in [4.78, 5) is 4.34. The maximum absolute atomic E-state index is 5.92. The van der Waals surface area contributed by atoms with Gasteiger partial charge in [-0.1, -0.05) is 12.1 Å². The first kappa shape index (κ1) is 17.8. The first-order valence-electron chi connectivity index (χ1n) is 7.28. The van der Waals surface area contributed by atoms with Crippen molar-refractivity contribution >= 4 is 5.69 Å². The molecule has 0 aliphatic carbocycles. The second-order valence-electron chi connectivity index (χ2n) is 5.09. The molecule has 0 saturated carbocycles. The minimum atomic E-state index is 0.673. The van der Waals surface area contributed by atoms with Crippen molar-refractivity contribution in [1.82, 2.24) is 4.90 Å². The van der Waals surface area contributed by atoms with Gasteiger partial charge in [-0.15, -0.1) is 0 Å². The highest BCUT2D eigenvalue weighted by atomic mass is 16.5. The van der Waals surface area contributed by atoms with Crippen LogP contribution < -0.4 is 9.64 Å². The predicted molar refractivity (Wildman–Crippen MR) is 86.5 cm³/mol. The van der Waals surface area contributed by atoms with E-state index in [-0.39, 0.29) is 0 Å². The van der Waals surface area contributed by atoms with Crippen LogP contribution in [0.2, 0.25) is 0 Å². The summed E-state index contributed by atoms with van der Waals surface area (Å²) in [7, 11) is 7.51. The molecule has 5 nitrogen and oxygen atoms in total. The Morgan fingerprint density at radius 2 is 1.48 bits per heavy atom. The van der Waals surface area contributed by atoms with Gasteiger partial charge >= 0.3 is 0 Å². The molecule has 0 unspecified atom stereocenters. The van der Waals surface area contributed by atoms with E-state index in [1.807, 2.05) is 32.3 Å². The molecule has 0 bridgehead atoms. The highest BCUT2D eigenvalue weighted by molar-refractivity contribution is 5.58. The van der Waals surface area contributed by atoms with Crippen LogP contribution >= 0.6 is 0 Å². The van der Waals surface area contributed by atoms with Crippen LogP contribution in [-0.4, -0.2) is 72.7 Å². The molecule has 1 aromatic rings. The molecule has 0 radical (unpaired) electrons. The summed E-state index contributed by atoms with van der Waals surface area (Å²) in [5.41, 5.74) is 1.09. The highest BCUT2D eigenvalue weighted by Gasteiger charge is 2.11. The van der Waals surface area contributed by atoms with E-state index in [0.29, 0.717) is 19.8 Å². The summed E-state index contributed by atoms with van der Waals surface area (Å²) in [6.07, 6.45) is 0. The minimum absolute atomic E-state index is 0.673. The van der Waals surface area contributed by atoms with Crippen molar-refractivity contribution in [2.24, 2.45) is 0 Å². The summed E-state index contributed by atoms with van der Waals surface area (Å²) in [6.45, 7) is 4.55. The summed E-state index contributed by atoms with van der Waals surface area (Å²) >= 11 is 0. The number of ether oxygens (including phenoxy) is 3. The fourth-order valence-corrected chi connectivity index (χ4v) is 1.93. The molecule has 1 aromatic carbocycles. The largest absolute Gasteiger partial charge is 0.490 e. The molecule has 120 valence electrons. The number of anilines is 1. The smallest absolute Gasteiger partial charge is 0.142 e. The SMILES string of the molecule is COCCN(CCOC)c1ccccc1OCCN(C)C. The fraction of sp³-hybridized carbons (Fsp3) is 0.625. The number of nitrogens with zero attached hydrogens (tertiary/aromatic N) is 2. The monoisotopic (exact) mass is 296 g/mol. The van der Waals surface area contributed by atoms with Gasteiger partial charge in [0.05, 0.1) is 18.9 Å². The molecular weight excluding hydrogens is 268 g/mol. The zero-order valence-corrected chi connectivity index (χ0v) is 13.7. The Balaban J connectivity index is 2.75. The molecule has 0 atom stereocenters. The first-order chi connectivity index (χ1) is 10.2. The molecule has 0 saturated heterocycles.